The van der Waals surface area contributed by atoms with E-state index in [1.54, 1.807) is 0 Å². The highest BCUT2D eigenvalue weighted by Crippen LogP contribution is 2.39. The number of rotatable bonds is 9. The summed E-state index contributed by atoms with van der Waals surface area (Å²) in [6, 6.07) is 49.0. The molecule has 1 aliphatic carbocycles. The lowest BCUT2D eigenvalue weighted by molar-refractivity contribution is 0.141. The summed E-state index contributed by atoms with van der Waals surface area (Å²) in [6.07, 6.45) is 1.85. The molecule has 1 aliphatic rings. The van der Waals surface area contributed by atoms with Gasteiger partial charge in [0.1, 0.15) is 5.69 Å². The van der Waals surface area contributed by atoms with Crippen molar-refractivity contribution in [3.63, 3.8) is 0 Å². The first-order chi connectivity index (χ1) is 23.0. The molecule has 0 bridgehead atoms. The van der Waals surface area contributed by atoms with Gasteiger partial charge in [-0.1, -0.05) is 160 Å². The third kappa shape index (κ3) is 6.79. The molecule has 2 unspecified atom stereocenters. The minimum atomic E-state index is -2.04. The Hall–Kier alpha value is -4.55. The molecule has 0 spiro atoms. The second-order valence-corrected chi connectivity index (χ2v) is 15.8. The van der Waals surface area contributed by atoms with Gasteiger partial charge >= 0.3 is 0 Å². The van der Waals surface area contributed by atoms with Crippen molar-refractivity contribution in [2.24, 2.45) is 0 Å². The van der Waals surface area contributed by atoms with Crippen molar-refractivity contribution < 1.29 is 8.84 Å². The topological polar surface area (TPSA) is 47.3 Å². The van der Waals surface area contributed by atoms with Crippen LogP contribution < -0.4 is 15.7 Å². The van der Waals surface area contributed by atoms with E-state index in [1.807, 2.05) is 36.4 Å². The largest absolute Gasteiger partial charge is 0.439 e. The number of hydrogen-bond donors (Lipinski definition) is 1. The van der Waals surface area contributed by atoms with Crippen LogP contribution in [0.3, 0.4) is 0 Å². The van der Waals surface area contributed by atoms with Gasteiger partial charge in [-0.15, -0.1) is 0 Å². The molecule has 1 N–H and O–H groups in total. The lowest BCUT2D eigenvalue weighted by atomic mass is 9.76. The van der Waals surface area contributed by atoms with Gasteiger partial charge in [0.25, 0.3) is 0 Å². The Morgan fingerprint density at radius 2 is 1.30 bits per heavy atom. The average Bonchev–Trinajstić information content (AvgIpc) is 3.55. The summed E-state index contributed by atoms with van der Waals surface area (Å²) >= 11 is 0. The van der Waals surface area contributed by atoms with E-state index in [2.05, 4.69) is 129 Å². The lowest BCUT2D eigenvalue weighted by Gasteiger charge is -2.39. The highest BCUT2D eigenvalue weighted by atomic mass is 28.3. The smallest absolute Gasteiger partial charge is 0.240 e. The molecule has 1 aromatic heterocycles. The summed E-state index contributed by atoms with van der Waals surface area (Å²) in [5.74, 6) is 1.47. The monoisotopic (exact) mass is 634 g/mol. The quantitative estimate of drug-likeness (QED) is 0.164. The molecular formula is C42H42N2O2Si. The SMILES string of the molecule is CC(C)(C)c1cccc2c1CCC(NCc1nc(-c3ccccc3)c(-c3ccccc3)o1)C2O[SiH](c1ccccc1)c1ccccc1. The van der Waals surface area contributed by atoms with Crippen molar-refractivity contribution in [2.45, 2.75) is 57.7 Å². The number of benzene rings is 5. The van der Waals surface area contributed by atoms with E-state index >= 15 is 0 Å². The Morgan fingerprint density at radius 1 is 0.723 bits per heavy atom. The van der Waals surface area contributed by atoms with E-state index in [9.17, 15) is 0 Å². The van der Waals surface area contributed by atoms with Crippen molar-refractivity contribution in [3.05, 3.63) is 162 Å². The van der Waals surface area contributed by atoms with Crippen LogP contribution in [-0.2, 0) is 22.8 Å². The van der Waals surface area contributed by atoms with E-state index < -0.39 is 9.04 Å². The highest BCUT2D eigenvalue weighted by molar-refractivity contribution is 6.80. The fourth-order valence-electron chi connectivity index (χ4n) is 6.89. The third-order valence-electron chi connectivity index (χ3n) is 9.16. The van der Waals surface area contributed by atoms with Crippen LogP contribution in [0.4, 0.5) is 0 Å². The van der Waals surface area contributed by atoms with Crippen LogP contribution in [-0.4, -0.2) is 20.1 Å². The summed E-state index contributed by atoms with van der Waals surface area (Å²) < 4.78 is 14.0. The molecule has 0 fully saturated rings. The van der Waals surface area contributed by atoms with Crippen LogP contribution in [0.15, 0.2) is 144 Å². The standard InChI is InChI=1S/C42H42N2O2Si/c1-42(2,3)36-26-16-25-35-34(36)27-28-37(41(35)46-47(32-21-12-6-13-22-32)33-23-14-7-15-24-33)43-29-38-44-39(30-17-8-4-9-18-30)40(45-38)31-19-10-5-11-20-31/h4-26,37,41,43,47H,27-29H2,1-3H3. The number of fused-ring (bicyclic) bond motifs is 1. The van der Waals surface area contributed by atoms with Crippen LogP contribution in [0.5, 0.6) is 0 Å². The van der Waals surface area contributed by atoms with Crippen LogP contribution >= 0.6 is 0 Å². The molecule has 47 heavy (non-hydrogen) atoms. The highest BCUT2D eigenvalue weighted by Gasteiger charge is 2.36. The molecule has 5 heteroatoms. The zero-order valence-corrected chi connectivity index (χ0v) is 28.6. The fourth-order valence-corrected chi connectivity index (χ4v) is 9.36. The minimum Gasteiger partial charge on any atom is -0.439 e. The van der Waals surface area contributed by atoms with Crippen LogP contribution in [0, 0.1) is 0 Å². The van der Waals surface area contributed by atoms with Crippen LogP contribution in [0.1, 0.15) is 55.9 Å². The van der Waals surface area contributed by atoms with Gasteiger partial charge in [-0.2, -0.15) is 0 Å². The zero-order valence-electron chi connectivity index (χ0n) is 27.4. The summed E-state index contributed by atoms with van der Waals surface area (Å²) in [5, 5.41) is 6.44. The van der Waals surface area contributed by atoms with Crippen molar-refractivity contribution in [1.29, 1.82) is 0 Å². The molecular weight excluding hydrogens is 593 g/mol. The van der Waals surface area contributed by atoms with Crippen molar-refractivity contribution in [2.75, 3.05) is 0 Å². The number of nitrogens with zero attached hydrogens (tertiary/aromatic N) is 1. The Morgan fingerprint density at radius 3 is 1.89 bits per heavy atom. The second-order valence-electron chi connectivity index (χ2n) is 13.4. The molecule has 4 nitrogen and oxygen atoms in total. The first-order valence-corrected chi connectivity index (χ1v) is 18.3. The summed E-state index contributed by atoms with van der Waals surface area (Å²) in [7, 11) is -2.04. The predicted molar refractivity (Wildman–Crippen MR) is 195 cm³/mol. The molecule has 0 amide bonds. The number of hydrogen-bond acceptors (Lipinski definition) is 4. The number of aromatic nitrogens is 1. The summed E-state index contributed by atoms with van der Waals surface area (Å²) in [5.41, 5.74) is 7.12. The number of oxazole rings is 1. The van der Waals surface area contributed by atoms with Crippen molar-refractivity contribution in [3.8, 4) is 22.6 Å². The van der Waals surface area contributed by atoms with Crippen molar-refractivity contribution in [1.82, 2.24) is 10.3 Å². The molecule has 0 aliphatic heterocycles. The summed E-state index contributed by atoms with van der Waals surface area (Å²) in [6.45, 7) is 7.44. The van der Waals surface area contributed by atoms with Crippen molar-refractivity contribution >= 4 is 19.4 Å². The first-order valence-electron chi connectivity index (χ1n) is 16.7. The van der Waals surface area contributed by atoms with E-state index in [1.165, 1.54) is 27.1 Å². The zero-order chi connectivity index (χ0) is 32.2. The van der Waals surface area contributed by atoms with Gasteiger partial charge in [0.05, 0.1) is 12.6 Å². The maximum Gasteiger partial charge on any atom is 0.240 e. The van der Waals surface area contributed by atoms with Gasteiger partial charge in [-0.25, -0.2) is 4.98 Å². The first kappa shape index (κ1) is 31.1. The van der Waals surface area contributed by atoms with Gasteiger partial charge < -0.3 is 14.2 Å². The minimum absolute atomic E-state index is 0.0472. The molecule has 7 rings (SSSR count). The lowest BCUT2D eigenvalue weighted by Crippen LogP contribution is -2.50. The molecule has 6 aromatic rings. The van der Waals surface area contributed by atoms with E-state index in [-0.39, 0.29) is 17.6 Å². The molecule has 0 radical (unpaired) electrons. The Bertz CT molecular complexity index is 1800. The number of nitrogens with one attached hydrogen (secondary N) is 1. The van der Waals surface area contributed by atoms with E-state index in [4.69, 9.17) is 13.8 Å². The third-order valence-corrected chi connectivity index (χ3v) is 11.7. The Kier molecular flexibility index (Phi) is 9.03. The second kappa shape index (κ2) is 13.7. The van der Waals surface area contributed by atoms with Crippen LogP contribution in [0.25, 0.3) is 22.6 Å². The predicted octanol–water partition coefficient (Wildman–Crippen LogP) is 8.01. The molecule has 5 aromatic carbocycles. The molecule has 236 valence electrons. The van der Waals surface area contributed by atoms with Gasteiger partial charge in [0.15, 0.2) is 5.76 Å². The van der Waals surface area contributed by atoms with Gasteiger partial charge in [0.2, 0.25) is 14.9 Å². The average molecular weight is 635 g/mol. The maximum absolute atomic E-state index is 7.45. The van der Waals surface area contributed by atoms with Gasteiger partial charge in [-0.3, -0.25) is 0 Å². The maximum atomic E-state index is 7.45. The Labute approximate surface area is 280 Å². The van der Waals surface area contributed by atoms with Gasteiger partial charge in [-0.05, 0) is 45.3 Å². The van der Waals surface area contributed by atoms with Gasteiger partial charge in [0, 0.05) is 17.2 Å². The Balaban J connectivity index is 1.25. The normalized spacial score (nSPS) is 16.3. The molecule has 2 atom stereocenters. The molecule has 0 saturated carbocycles. The molecule has 1 heterocycles. The van der Waals surface area contributed by atoms with Crippen LogP contribution in [0.2, 0.25) is 0 Å². The molecule has 0 saturated heterocycles. The van der Waals surface area contributed by atoms with E-state index in [0.717, 1.165) is 35.4 Å². The summed E-state index contributed by atoms with van der Waals surface area (Å²) in [4.78, 5) is 5.05. The van der Waals surface area contributed by atoms with E-state index in [0.29, 0.717) is 12.4 Å². The fraction of sp³-hybridized carbons (Fsp3) is 0.214.